The van der Waals surface area contributed by atoms with Crippen LogP contribution < -0.4 is 5.32 Å². The summed E-state index contributed by atoms with van der Waals surface area (Å²) in [5.41, 5.74) is -0.0184. The predicted octanol–water partition coefficient (Wildman–Crippen LogP) is 2.41. The molecule has 0 aliphatic carbocycles. The molecule has 5 nitrogen and oxygen atoms in total. The molecule has 1 N–H and O–H groups in total. The number of ether oxygens (including phenoxy) is 1. The van der Waals surface area contributed by atoms with Crippen molar-refractivity contribution in [2.45, 2.75) is 46.1 Å². The van der Waals surface area contributed by atoms with Gasteiger partial charge in [-0.2, -0.15) is 0 Å². The van der Waals surface area contributed by atoms with Gasteiger partial charge in [0.2, 0.25) is 0 Å². The predicted molar refractivity (Wildman–Crippen MR) is 108 cm³/mol. The number of morpholine rings is 1. The molecular weight excluding hydrogens is 403 g/mol. The Bertz CT molecular complexity index is 368. The number of nitrogens with zero attached hydrogens (tertiary/aromatic N) is 3. The van der Waals surface area contributed by atoms with E-state index in [1.54, 1.807) is 0 Å². The van der Waals surface area contributed by atoms with E-state index >= 15 is 0 Å². The lowest BCUT2D eigenvalue weighted by atomic mass is 10.00. The van der Waals surface area contributed by atoms with E-state index in [0.29, 0.717) is 0 Å². The molecule has 0 aromatic carbocycles. The van der Waals surface area contributed by atoms with Gasteiger partial charge < -0.3 is 15.0 Å². The average Bonchev–Trinajstić information content (AvgIpc) is 2.46. The van der Waals surface area contributed by atoms with Crippen LogP contribution in [0.25, 0.3) is 0 Å². The van der Waals surface area contributed by atoms with Crippen molar-refractivity contribution in [3.05, 3.63) is 0 Å². The highest BCUT2D eigenvalue weighted by Crippen LogP contribution is 2.17. The minimum atomic E-state index is -0.0184. The summed E-state index contributed by atoms with van der Waals surface area (Å²) >= 11 is 0. The minimum Gasteiger partial charge on any atom is -0.373 e. The molecule has 0 aromatic rings. The van der Waals surface area contributed by atoms with Crippen molar-refractivity contribution in [1.29, 1.82) is 0 Å². The van der Waals surface area contributed by atoms with E-state index in [1.165, 1.54) is 12.8 Å². The highest BCUT2D eigenvalue weighted by Gasteiger charge is 2.26. The summed E-state index contributed by atoms with van der Waals surface area (Å²) in [6.07, 6.45) is 2.56. The molecule has 2 aliphatic rings. The molecule has 0 unspecified atom stereocenters. The molecule has 0 saturated carbocycles. The second kappa shape index (κ2) is 10.0. The highest BCUT2D eigenvalue weighted by molar-refractivity contribution is 14.0. The van der Waals surface area contributed by atoms with E-state index < -0.39 is 0 Å². The Hall–Kier alpha value is -0.0800. The van der Waals surface area contributed by atoms with E-state index in [2.05, 4.69) is 42.8 Å². The van der Waals surface area contributed by atoms with Gasteiger partial charge in [-0.05, 0) is 39.5 Å². The monoisotopic (exact) mass is 438 g/mol. The van der Waals surface area contributed by atoms with Gasteiger partial charge in [-0.1, -0.05) is 6.92 Å². The molecule has 2 fully saturated rings. The van der Waals surface area contributed by atoms with Crippen molar-refractivity contribution in [3.63, 3.8) is 0 Å². The molecule has 0 spiro atoms. The van der Waals surface area contributed by atoms with Gasteiger partial charge in [0.15, 0.2) is 5.96 Å². The van der Waals surface area contributed by atoms with Crippen LogP contribution in [0.2, 0.25) is 0 Å². The van der Waals surface area contributed by atoms with Gasteiger partial charge in [0, 0.05) is 39.3 Å². The standard InChI is InChI=1S/C17H34N4O.HI/c1-5-18-16(21-9-6-15(2)7-10-21)19-8-11-20-12-13-22-17(3,4)14-20;/h15H,5-14H2,1-4H3,(H,18,19);1H. The van der Waals surface area contributed by atoms with Crippen LogP contribution in [-0.2, 0) is 4.74 Å². The van der Waals surface area contributed by atoms with Crippen LogP contribution >= 0.6 is 24.0 Å². The van der Waals surface area contributed by atoms with Crippen LogP contribution in [0.15, 0.2) is 4.99 Å². The molecule has 0 aromatic heterocycles. The van der Waals surface area contributed by atoms with Crippen molar-refractivity contribution < 1.29 is 4.74 Å². The maximum Gasteiger partial charge on any atom is 0.193 e. The Morgan fingerprint density at radius 2 is 1.96 bits per heavy atom. The molecule has 2 saturated heterocycles. The first-order valence-electron chi connectivity index (χ1n) is 8.90. The zero-order chi connectivity index (χ0) is 16.0. The molecule has 0 amide bonds. The van der Waals surface area contributed by atoms with Crippen LogP contribution in [0.5, 0.6) is 0 Å². The van der Waals surface area contributed by atoms with E-state index in [9.17, 15) is 0 Å². The molecule has 0 bridgehead atoms. The van der Waals surface area contributed by atoms with Crippen LogP contribution in [0.1, 0.15) is 40.5 Å². The van der Waals surface area contributed by atoms with Gasteiger partial charge >= 0.3 is 0 Å². The van der Waals surface area contributed by atoms with E-state index in [-0.39, 0.29) is 29.6 Å². The molecular formula is C17H35IN4O. The molecule has 2 heterocycles. The molecule has 136 valence electrons. The fourth-order valence-electron chi connectivity index (χ4n) is 3.25. The second-order valence-electron chi connectivity index (χ2n) is 7.29. The van der Waals surface area contributed by atoms with E-state index in [0.717, 1.165) is 64.3 Å². The third-order valence-corrected chi connectivity index (χ3v) is 4.60. The molecule has 2 rings (SSSR count). The number of hydrogen-bond acceptors (Lipinski definition) is 3. The summed E-state index contributed by atoms with van der Waals surface area (Å²) in [5.74, 6) is 1.96. The Balaban J connectivity index is 0.00000264. The van der Waals surface area contributed by atoms with E-state index in [4.69, 9.17) is 9.73 Å². The summed E-state index contributed by atoms with van der Waals surface area (Å²) in [6, 6.07) is 0. The van der Waals surface area contributed by atoms with Gasteiger partial charge in [-0.15, -0.1) is 24.0 Å². The fourth-order valence-corrected chi connectivity index (χ4v) is 3.25. The molecule has 0 radical (unpaired) electrons. The van der Waals surface area contributed by atoms with Crippen LogP contribution in [0.4, 0.5) is 0 Å². The minimum absolute atomic E-state index is 0. The Morgan fingerprint density at radius 1 is 1.26 bits per heavy atom. The quantitative estimate of drug-likeness (QED) is 0.416. The van der Waals surface area contributed by atoms with E-state index in [1.807, 2.05) is 0 Å². The average molecular weight is 438 g/mol. The maximum atomic E-state index is 5.77. The maximum absolute atomic E-state index is 5.77. The highest BCUT2D eigenvalue weighted by atomic mass is 127. The lowest BCUT2D eigenvalue weighted by Crippen LogP contribution is -2.49. The fraction of sp³-hybridized carbons (Fsp3) is 0.941. The normalized spacial score (nSPS) is 23.5. The summed E-state index contributed by atoms with van der Waals surface area (Å²) in [4.78, 5) is 9.74. The smallest absolute Gasteiger partial charge is 0.193 e. The van der Waals surface area contributed by atoms with Crippen molar-refractivity contribution in [1.82, 2.24) is 15.1 Å². The number of piperidine rings is 1. The number of rotatable bonds is 4. The summed E-state index contributed by atoms with van der Waals surface area (Å²) < 4.78 is 5.77. The summed E-state index contributed by atoms with van der Waals surface area (Å²) in [7, 11) is 0. The number of hydrogen-bond donors (Lipinski definition) is 1. The first-order valence-corrected chi connectivity index (χ1v) is 8.90. The van der Waals surface area contributed by atoms with Gasteiger partial charge in [-0.3, -0.25) is 9.89 Å². The van der Waals surface area contributed by atoms with Gasteiger partial charge in [0.25, 0.3) is 0 Å². The first-order chi connectivity index (χ1) is 10.5. The number of nitrogens with one attached hydrogen (secondary N) is 1. The largest absolute Gasteiger partial charge is 0.373 e. The lowest BCUT2D eigenvalue weighted by molar-refractivity contribution is -0.0850. The topological polar surface area (TPSA) is 40.1 Å². The summed E-state index contributed by atoms with van der Waals surface area (Å²) in [6.45, 7) is 16.8. The Kier molecular flexibility index (Phi) is 9.15. The van der Waals surface area contributed by atoms with Crippen molar-refractivity contribution >= 4 is 29.9 Å². The molecule has 2 aliphatic heterocycles. The molecule has 23 heavy (non-hydrogen) atoms. The Morgan fingerprint density at radius 3 is 2.57 bits per heavy atom. The first kappa shape index (κ1) is 21.0. The molecule has 0 atom stereocenters. The van der Waals surface area contributed by atoms with Crippen LogP contribution in [0, 0.1) is 5.92 Å². The van der Waals surface area contributed by atoms with Gasteiger partial charge in [0.05, 0.1) is 18.8 Å². The van der Waals surface area contributed by atoms with Crippen molar-refractivity contribution in [2.75, 3.05) is 52.4 Å². The number of guanidine groups is 1. The number of halogens is 1. The lowest BCUT2D eigenvalue weighted by Gasteiger charge is -2.38. The van der Waals surface area contributed by atoms with Crippen LogP contribution in [0.3, 0.4) is 0 Å². The van der Waals surface area contributed by atoms with Crippen molar-refractivity contribution in [2.24, 2.45) is 10.9 Å². The van der Waals surface area contributed by atoms with Crippen LogP contribution in [-0.4, -0.2) is 73.8 Å². The zero-order valence-electron chi connectivity index (χ0n) is 15.3. The van der Waals surface area contributed by atoms with Gasteiger partial charge in [-0.25, -0.2) is 0 Å². The Labute approximate surface area is 159 Å². The summed E-state index contributed by atoms with van der Waals surface area (Å²) in [5, 5.41) is 3.45. The SMILES string of the molecule is CCNC(=NCCN1CCOC(C)(C)C1)N1CCC(C)CC1.I. The number of aliphatic imine (C=N–C) groups is 1. The third-order valence-electron chi connectivity index (χ3n) is 4.60. The molecule has 6 heteroatoms. The number of likely N-dealkylation sites (tertiary alicyclic amines) is 1. The van der Waals surface area contributed by atoms with Crippen molar-refractivity contribution in [3.8, 4) is 0 Å². The third kappa shape index (κ3) is 7.13. The van der Waals surface area contributed by atoms with Gasteiger partial charge in [0.1, 0.15) is 0 Å². The second-order valence-corrected chi connectivity index (χ2v) is 7.29. The zero-order valence-corrected chi connectivity index (χ0v) is 17.6.